The molecule has 1 aromatic rings. The van der Waals surface area contributed by atoms with Crippen molar-refractivity contribution in [2.45, 2.75) is 46.6 Å². The Balaban J connectivity index is 1.99. The second kappa shape index (κ2) is 11.8. The van der Waals surface area contributed by atoms with Gasteiger partial charge < -0.3 is 24.6 Å². The molecule has 0 aromatic heterocycles. The van der Waals surface area contributed by atoms with Crippen LogP contribution in [0.4, 0.5) is 0 Å². The van der Waals surface area contributed by atoms with E-state index in [9.17, 15) is 0 Å². The number of benzene rings is 1. The van der Waals surface area contributed by atoms with E-state index >= 15 is 0 Å². The number of unbranched alkanes of at least 4 members (excludes halogenated alkanes) is 1. The van der Waals surface area contributed by atoms with Crippen LogP contribution >= 0.6 is 0 Å². The molecule has 0 fully saturated rings. The predicted molar refractivity (Wildman–Crippen MR) is 117 cm³/mol. The average Bonchev–Trinajstić information content (AvgIpc) is 2.74. The van der Waals surface area contributed by atoms with Crippen LogP contribution in [-0.2, 0) is 13.0 Å². The lowest BCUT2D eigenvalue weighted by molar-refractivity contribution is 0.297. The molecule has 158 valence electrons. The van der Waals surface area contributed by atoms with Crippen LogP contribution in [0.1, 0.15) is 44.7 Å². The van der Waals surface area contributed by atoms with Gasteiger partial charge >= 0.3 is 0 Å². The molecule has 0 unspecified atom stereocenters. The maximum atomic E-state index is 5.48. The summed E-state index contributed by atoms with van der Waals surface area (Å²) in [7, 11) is 3.38. The fourth-order valence-electron chi connectivity index (χ4n) is 3.66. The molecule has 2 rings (SSSR count). The summed E-state index contributed by atoms with van der Waals surface area (Å²) in [6, 6.07) is 4.22. The number of nitrogens with zero attached hydrogens (tertiary/aromatic N) is 3. The lowest BCUT2D eigenvalue weighted by Gasteiger charge is -2.32. The number of rotatable bonds is 10. The second-order valence-electron chi connectivity index (χ2n) is 7.12. The quantitative estimate of drug-likeness (QED) is 0.378. The SMILES string of the molecule is CCNC(=NCCCCN(CC)CC)N1CCc2cc(OC)c(OC)cc2C1. The lowest BCUT2D eigenvalue weighted by Crippen LogP contribution is -2.44. The molecule has 1 aliphatic rings. The molecular weight excluding hydrogens is 352 g/mol. The van der Waals surface area contributed by atoms with Gasteiger partial charge in [-0.3, -0.25) is 4.99 Å². The number of fused-ring (bicyclic) bond motifs is 1. The molecule has 0 spiro atoms. The van der Waals surface area contributed by atoms with Gasteiger partial charge in [-0.15, -0.1) is 0 Å². The fourth-order valence-corrected chi connectivity index (χ4v) is 3.66. The Kier molecular flexibility index (Phi) is 9.41. The number of hydrogen-bond donors (Lipinski definition) is 1. The highest BCUT2D eigenvalue weighted by atomic mass is 16.5. The van der Waals surface area contributed by atoms with E-state index in [2.05, 4.69) is 48.0 Å². The molecule has 6 heteroatoms. The molecule has 1 heterocycles. The minimum absolute atomic E-state index is 0.793. The highest BCUT2D eigenvalue weighted by Gasteiger charge is 2.21. The van der Waals surface area contributed by atoms with Crippen molar-refractivity contribution in [1.29, 1.82) is 0 Å². The van der Waals surface area contributed by atoms with Gasteiger partial charge in [0.15, 0.2) is 17.5 Å². The summed E-state index contributed by atoms with van der Waals surface area (Å²) in [6.07, 6.45) is 3.31. The average molecular weight is 391 g/mol. The Hall–Kier alpha value is -1.95. The van der Waals surface area contributed by atoms with E-state index in [1.54, 1.807) is 14.2 Å². The molecule has 0 saturated carbocycles. The van der Waals surface area contributed by atoms with E-state index in [-0.39, 0.29) is 0 Å². The van der Waals surface area contributed by atoms with Crippen LogP contribution in [0.25, 0.3) is 0 Å². The van der Waals surface area contributed by atoms with Gasteiger partial charge in [-0.25, -0.2) is 0 Å². The van der Waals surface area contributed by atoms with E-state index < -0.39 is 0 Å². The van der Waals surface area contributed by atoms with Crippen LogP contribution in [0.5, 0.6) is 11.5 Å². The molecule has 0 amide bonds. The van der Waals surface area contributed by atoms with Crippen molar-refractivity contribution >= 4 is 5.96 Å². The van der Waals surface area contributed by atoms with Crippen molar-refractivity contribution in [2.75, 3.05) is 53.5 Å². The number of nitrogens with one attached hydrogen (secondary N) is 1. The molecule has 1 aromatic carbocycles. The van der Waals surface area contributed by atoms with Crippen LogP contribution < -0.4 is 14.8 Å². The third kappa shape index (κ3) is 6.03. The van der Waals surface area contributed by atoms with Gasteiger partial charge in [0.05, 0.1) is 14.2 Å². The van der Waals surface area contributed by atoms with Gasteiger partial charge in [-0.05, 0) is 69.1 Å². The molecule has 28 heavy (non-hydrogen) atoms. The first-order valence-electron chi connectivity index (χ1n) is 10.7. The van der Waals surface area contributed by atoms with Crippen molar-refractivity contribution in [3.8, 4) is 11.5 Å². The molecule has 0 atom stereocenters. The first-order chi connectivity index (χ1) is 13.7. The molecule has 0 radical (unpaired) electrons. The maximum Gasteiger partial charge on any atom is 0.194 e. The topological polar surface area (TPSA) is 49.3 Å². The van der Waals surface area contributed by atoms with E-state index in [1.807, 2.05) is 0 Å². The monoisotopic (exact) mass is 390 g/mol. The number of aliphatic imine (C=N–C) groups is 1. The van der Waals surface area contributed by atoms with E-state index in [0.29, 0.717) is 0 Å². The zero-order chi connectivity index (χ0) is 20.4. The van der Waals surface area contributed by atoms with Crippen LogP contribution in [-0.4, -0.2) is 69.2 Å². The minimum atomic E-state index is 0.793. The van der Waals surface area contributed by atoms with Crippen molar-refractivity contribution in [1.82, 2.24) is 15.1 Å². The van der Waals surface area contributed by atoms with Gasteiger partial charge in [0.1, 0.15) is 0 Å². The lowest BCUT2D eigenvalue weighted by atomic mass is 9.99. The van der Waals surface area contributed by atoms with Gasteiger partial charge in [0.25, 0.3) is 0 Å². The molecule has 1 aliphatic heterocycles. The fraction of sp³-hybridized carbons (Fsp3) is 0.682. The summed E-state index contributed by atoms with van der Waals surface area (Å²) >= 11 is 0. The van der Waals surface area contributed by atoms with Crippen LogP contribution in [0, 0.1) is 0 Å². The molecular formula is C22H38N4O2. The van der Waals surface area contributed by atoms with Crippen molar-refractivity contribution in [3.63, 3.8) is 0 Å². The third-order valence-corrected chi connectivity index (χ3v) is 5.39. The highest BCUT2D eigenvalue weighted by molar-refractivity contribution is 5.80. The number of guanidine groups is 1. The Labute approximate surface area is 170 Å². The first kappa shape index (κ1) is 22.3. The normalized spacial score (nSPS) is 14.2. The standard InChI is InChI=1S/C22H38N4O2/c1-6-23-22(24-12-9-10-13-25(7-2)8-3)26-14-11-18-15-20(27-4)21(28-5)16-19(18)17-26/h15-16H,6-14,17H2,1-5H3,(H,23,24). The Bertz CT molecular complexity index is 629. The van der Waals surface area contributed by atoms with Crippen LogP contribution in [0.2, 0.25) is 0 Å². The highest BCUT2D eigenvalue weighted by Crippen LogP contribution is 2.33. The predicted octanol–water partition coefficient (Wildman–Crippen LogP) is 3.15. The van der Waals surface area contributed by atoms with E-state index in [1.165, 1.54) is 17.5 Å². The third-order valence-electron chi connectivity index (χ3n) is 5.39. The Morgan fingerprint density at radius 2 is 1.75 bits per heavy atom. The van der Waals surface area contributed by atoms with E-state index in [0.717, 1.165) is 76.1 Å². The minimum Gasteiger partial charge on any atom is -0.493 e. The molecule has 6 nitrogen and oxygen atoms in total. The van der Waals surface area contributed by atoms with Crippen molar-refractivity contribution in [2.24, 2.45) is 4.99 Å². The number of methoxy groups -OCH3 is 2. The second-order valence-corrected chi connectivity index (χ2v) is 7.12. The molecule has 1 N–H and O–H groups in total. The molecule has 0 saturated heterocycles. The van der Waals surface area contributed by atoms with Crippen molar-refractivity contribution < 1.29 is 9.47 Å². The summed E-state index contributed by atoms with van der Waals surface area (Å²) in [5, 5.41) is 3.47. The smallest absolute Gasteiger partial charge is 0.194 e. The number of hydrogen-bond acceptors (Lipinski definition) is 4. The molecule has 0 aliphatic carbocycles. The summed E-state index contributed by atoms with van der Waals surface area (Å²) in [5.74, 6) is 2.62. The number of ether oxygens (including phenoxy) is 2. The van der Waals surface area contributed by atoms with Crippen LogP contribution in [0.15, 0.2) is 17.1 Å². The van der Waals surface area contributed by atoms with E-state index in [4.69, 9.17) is 14.5 Å². The Morgan fingerprint density at radius 1 is 1.07 bits per heavy atom. The largest absolute Gasteiger partial charge is 0.493 e. The molecule has 0 bridgehead atoms. The van der Waals surface area contributed by atoms with Crippen LogP contribution in [0.3, 0.4) is 0 Å². The zero-order valence-corrected chi connectivity index (χ0v) is 18.4. The first-order valence-corrected chi connectivity index (χ1v) is 10.7. The maximum absolute atomic E-state index is 5.48. The van der Waals surface area contributed by atoms with Gasteiger partial charge in [0, 0.05) is 26.2 Å². The van der Waals surface area contributed by atoms with Gasteiger partial charge in [-0.1, -0.05) is 13.8 Å². The Morgan fingerprint density at radius 3 is 2.36 bits per heavy atom. The van der Waals surface area contributed by atoms with Crippen molar-refractivity contribution in [3.05, 3.63) is 23.3 Å². The van der Waals surface area contributed by atoms with Gasteiger partial charge in [0.2, 0.25) is 0 Å². The summed E-state index contributed by atoms with van der Waals surface area (Å²) < 4.78 is 10.9. The summed E-state index contributed by atoms with van der Waals surface area (Å²) in [5.41, 5.74) is 2.63. The summed E-state index contributed by atoms with van der Waals surface area (Å²) in [6.45, 7) is 13.6. The summed E-state index contributed by atoms with van der Waals surface area (Å²) in [4.78, 5) is 9.71. The zero-order valence-electron chi connectivity index (χ0n) is 18.4. The van der Waals surface area contributed by atoms with Gasteiger partial charge in [-0.2, -0.15) is 0 Å².